The summed E-state index contributed by atoms with van der Waals surface area (Å²) in [7, 11) is 0. The van der Waals surface area contributed by atoms with Gasteiger partial charge in [0.05, 0.1) is 15.9 Å². The normalized spacial score (nSPS) is 15.0. The van der Waals surface area contributed by atoms with Crippen LogP contribution in [0.4, 0.5) is 5.82 Å². The molecule has 0 unspecified atom stereocenters. The number of nitrogens with one attached hydrogen (secondary N) is 1. The largest absolute Gasteiger partial charge is 0.369 e. The first-order valence-electron chi connectivity index (χ1n) is 6.14. The van der Waals surface area contributed by atoms with E-state index in [2.05, 4.69) is 40.1 Å². The van der Waals surface area contributed by atoms with Crippen LogP contribution in [-0.4, -0.2) is 22.3 Å². The van der Waals surface area contributed by atoms with E-state index in [9.17, 15) is 0 Å². The van der Waals surface area contributed by atoms with Crippen LogP contribution in [0.5, 0.6) is 0 Å². The summed E-state index contributed by atoms with van der Waals surface area (Å²) in [5.41, 5.74) is 1.20. The Morgan fingerprint density at radius 1 is 1.35 bits per heavy atom. The predicted octanol–water partition coefficient (Wildman–Crippen LogP) is 3.80. The van der Waals surface area contributed by atoms with Crippen molar-refractivity contribution in [2.45, 2.75) is 38.4 Å². The highest BCUT2D eigenvalue weighted by Gasteiger charge is 2.29. The molecule has 0 bridgehead atoms. The van der Waals surface area contributed by atoms with E-state index in [-0.39, 0.29) is 0 Å². The van der Waals surface area contributed by atoms with E-state index >= 15 is 0 Å². The molecule has 0 spiro atoms. The van der Waals surface area contributed by atoms with Crippen LogP contribution in [-0.2, 0) is 5.75 Å². The highest BCUT2D eigenvalue weighted by Crippen LogP contribution is 2.43. The number of nitrogens with zero attached hydrogens (tertiary/aromatic N) is 2. The molecule has 0 aromatic carbocycles. The van der Waals surface area contributed by atoms with Crippen molar-refractivity contribution in [1.29, 1.82) is 0 Å². The molecule has 0 radical (unpaired) electrons. The van der Waals surface area contributed by atoms with Crippen molar-refractivity contribution in [3.05, 3.63) is 16.0 Å². The summed E-state index contributed by atoms with van der Waals surface area (Å²) in [6.45, 7) is 5.14. The zero-order valence-corrected chi connectivity index (χ0v) is 12.7. The number of thioether (sulfide) groups is 1. The maximum Gasteiger partial charge on any atom is 0.144 e. The molecule has 2 rings (SSSR count). The molecule has 1 saturated carbocycles. The Morgan fingerprint density at radius 2 is 2.12 bits per heavy atom. The maximum absolute atomic E-state index is 4.70. The average Bonchev–Trinajstić information content (AvgIpc) is 3.14. The van der Waals surface area contributed by atoms with Gasteiger partial charge in [-0.1, -0.05) is 6.92 Å². The van der Waals surface area contributed by atoms with Crippen LogP contribution >= 0.6 is 27.7 Å². The summed E-state index contributed by atoms with van der Waals surface area (Å²) >= 11 is 5.50. The van der Waals surface area contributed by atoms with E-state index in [1.165, 1.54) is 18.5 Å². The maximum atomic E-state index is 4.70. The molecule has 1 aliphatic carbocycles. The molecular weight excluding hydrogens is 298 g/mol. The molecule has 1 fully saturated rings. The van der Waals surface area contributed by atoms with Crippen LogP contribution in [0.1, 0.15) is 44.1 Å². The smallest absolute Gasteiger partial charge is 0.144 e. The Labute approximate surface area is 115 Å². The Kier molecular flexibility index (Phi) is 4.68. The van der Waals surface area contributed by atoms with Crippen LogP contribution in [0.25, 0.3) is 0 Å². The lowest BCUT2D eigenvalue weighted by Crippen LogP contribution is -2.07. The van der Waals surface area contributed by atoms with E-state index in [0.717, 1.165) is 34.2 Å². The molecule has 1 aliphatic rings. The van der Waals surface area contributed by atoms with Crippen LogP contribution in [0, 0.1) is 0 Å². The van der Waals surface area contributed by atoms with Crippen LogP contribution < -0.4 is 5.32 Å². The van der Waals surface area contributed by atoms with E-state index in [1.807, 2.05) is 11.8 Å². The van der Waals surface area contributed by atoms with Crippen LogP contribution in [0.2, 0.25) is 0 Å². The highest BCUT2D eigenvalue weighted by atomic mass is 79.9. The second-order valence-electron chi connectivity index (χ2n) is 4.13. The summed E-state index contributed by atoms with van der Waals surface area (Å²) in [4.78, 5) is 9.28. The third kappa shape index (κ3) is 3.35. The van der Waals surface area contributed by atoms with Gasteiger partial charge in [0.15, 0.2) is 0 Å². The highest BCUT2D eigenvalue weighted by molar-refractivity contribution is 9.10. The summed E-state index contributed by atoms with van der Waals surface area (Å²) < 4.78 is 1.06. The van der Waals surface area contributed by atoms with Gasteiger partial charge in [-0.2, -0.15) is 11.8 Å². The molecule has 3 nitrogen and oxygen atoms in total. The van der Waals surface area contributed by atoms with E-state index in [1.54, 1.807) is 0 Å². The topological polar surface area (TPSA) is 37.8 Å². The summed E-state index contributed by atoms with van der Waals surface area (Å²) in [5, 5.41) is 3.31. The van der Waals surface area contributed by atoms with Crippen molar-refractivity contribution >= 4 is 33.5 Å². The first-order chi connectivity index (χ1) is 8.26. The number of hydrogen-bond donors (Lipinski definition) is 1. The number of rotatable bonds is 6. The molecule has 0 atom stereocenters. The molecule has 94 valence electrons. The second kappa shape index (κ2) is 6.05. The predicted molar refractivity (Wildman–Crippen MR) is 77.7 cm³/mol. The van der Waals surface area contributed by atoms with Crippen LogP contribution in [0.3, 0.4) is 0 Å². The fourth-order valence-electron chi connectivity index (χ4n) is 1.68. The fraction of sp³-hybridized carbons (Fsp3) is 0.667. The standard InChI is InChI=1S/C12H18BrN3S/c1-3-14-12-10(13)11(8-5-6-8)15-9(16-12)7-17-4-2/h8H,3-7H2,1-2H3,(H,14,15,16). The first kappa shape index (κ1) is 13.1. The van der Waals surface area contributed by atoms with Gasteiger partial charge in [0.25, 0.3) is 0 Å². The SMILES string of the molecule is CCNc1nc(CSCC)nc(C2CC2)c1Br. The number of anilines is 1. The number of halogens is 1. The minimum absolute atomic E-state index is 0.648. The van der Waals surface area contributed by atoms with Crippen LogP contribution in [0.15, 0.2) is 4.47 Å². The molecule has 5 heteroatoms. The molecule has 1 aromatic rings. The van der Waals surface area contributed by atoms with Crippen molar-refractivity contribution in [3.8, 4) is 0 Å². The average molecular weight is 316 g/mol. The van der Waals surface area contributed by atoms with Gasteiger partial charge in [0.2, 0.25) is 0 Å². The van der Waals surface area contributed by atoms with Crippen molar-refractivity contribution in [3.63, 3.8) is 0 Å². The van der Waals surface area contributed by atoms with E-state index < -0.39 is 0 Å². The number of aromatic nitrogens is 2. The fourth-order valence-corrected chi connectivity index (χ4v) is 2.84. The lowest BCUT2D eigenvalue weighted by Gasteiger charge is -2.11. The van der Waals surface area contributed by atoms with Gasteiger partial charge in [0.1, 0.15) is 11.6 Å². The summed E-state index contributed by atoms with van der Waals surface area (Å²) in [6.07, 6.45) is 2.53. The zero-order valence-electron chi connectivity index (χ0n) is 10.3. The molecule has 17 heavy (non-hydrogen) atoms. The van der Waals surface area contributed by atoms with E-state index in [0.29, 0.717) is 5.92 Å². The van der Waals surface area contributed by atoms with Crippen molar-refractivity contribution < 1.29 is 0 Å². The molecular formula is C12H18BrN3S. The molecule has 1 aromatic heterocycles. The molecule has 1 N–H and O–H groups in total. The summed E-state index contributed by atoms with van der Waals surface area (Å²) in [6, 6.07) is 0. The van der Waals surface area contributed by atoms with Crippen molar-refractivity contribution in [2.24, 2.45) is 0 Å². The lowest BCUT2D eigenvalue weighted by molar-refractivity contribution is 0.917. The molecule has 0 aliphatic heterocycles. The van der Waals surface area contributed by atoms with Crippen molar-refractivity contribution in [2.75, 3.05) is 17.6 Å². The summed E-state index contributed by atoms with van der Waals surface area (Å²) in [5.74, 6) is 4.57. The molecule has 0 saturated heterocycles. The van der Waals surface area contributed by atoms with Gasteiger partial charge in [0, 0.05) is 12.5 Å². The zero-order chi connectivity index (χ0) is 12.3. The van der Waals surface area contributed by atoms with Gasteiger partial charge >= 0.3 is 0 Å². The Balaban J connectivity index is 2.26. The Bertz CT molecular complexity index is 394. The Hall–Kier alpha value is -0.290. The third-order valence-electron chi connectivity index (χ3n) is 2.67. The van der Waals surface area contributed by atoms with Gasteiger partial charge in [-0.15, -0.1) is 0 Å². The number of hydrogen-bond acceptors (Lipinski definition) is 4. The first-order valence-corrected chi connectivity index (χ1v) is 8.08. The Morgan fingerprint density at radius 3 is 2.71 bits per heavy atom. The van der Waals surface area contributed by atoms with Gasteiger partial charge in [-0.25, -0.2) is 9.97 Å². The lowest BCUT2D eigenvalue weighted by atomic mass is 10.2. The van der Waals surface area contributed by atoms with Gasteiger partial charge in [-0.05, 0) is 41.4 Å². The van der Waals surface area contributed by atoms with Gasteiger partial charge in [-0.3, -0.25) is 0 Å². The minimum atomic E-state index is 0.648. The minimum Gasteiger partial charge on any atom is -0.369 e. The molecule has 1 heterocycles. The van der Waals surface area contributed by atoms with E-state index in [4.69, 9.17) is 4.98 Å². The monoisotopic (exact) mass is 315 g/mol. The molecule has 0 amide bonds. The van der Waals surface area contributed by atoms with Gasteiger partial charge < -0.3 is 5.32 Å². The third-order valence-corrected chi connectivity index (χ3v) is 4.32. The second-order valence-corrected chi connectivity index (χ2v) is 6.20. The quantitative estimate of drug-likeness (QED) is 0.866. The van der Waals surface area contributed by atoms with Crippen molar-refractivity contribution in [1.82, 2.24) is 9.97 Å².